The molecule has 1 N–H and O–H groups in total. The van der Waals surface area contributed by atoms with Gasteiger partial charge in [-0.3, -0.25) is 14.3 Å². The maximum absolute atomic E-state index is 14.0. The second-order valence-electron chi connectivity index (χ2n) is 9.40. The van der Waals surface area contributed by atoms with Gasteiger partial charge in [0.05, 0.1) is 11.0 Å². The first kappa shape index (κ1) is 27.4. The number of hydrogen-bond donors (Lipinski definition) is 1. The summed E-state index contributed by atoms with van der Waals surface area (Å²) in [5.74, 6) is -2.64. The molecule has 0 aliphatic carbocycles. The van der Waals surface area contributed by atoms with Crippen LogP contribution in [0.3, 0.4) is 0 Å². The van der Waals surface area contributed by atoms with E-state index >= 15 is 0 Å². The number of carbonyl (C=O) groups is 3. The first-order valence-corrected chi connectivity index (χ1v) is 12.9. The molecular weight excluding hydrogens is 521 g/mol. The van der Waals surface area contributed by atoms with E-state index in [2.05, 4.69) is 17.2 Å². The Morgan fingerprint density at radius 1 is 1.18 bits per heavy atom. The molecule has 2 fully saturated rings. The highest BCUT2D eigenvalue weighted by Gasteiger charge is 2.57. The third kappa shape index (κ3) is 5.59. The van der Waals surface area contributed by atoms with Gasteiger partial charge in [0.2, 0.25) is 5.91 Å². The van der Waals surface area contributed by atoms with Gasteiger partial charge in [-0.25, -0.2) is 4.79 Å². The number of likely N-dealkylation sites (tertiary alicyclic amines) is 2. The van der Waals surface area contributed by atoms with Crippen LogP contribution in [0, 0.1) is 5.41 Å². The standard InChI is InChI=1S/C24H26N4O2S.C2HF3O2/c1-26-21(8-11-25-26)20-15-28(22(29)19-9-13-31-16-19)17-24(20)10-5-12-27(23(24)30)14-18-6-3-2-4-7-18;3-2(4,5)1(6)7/h2-4,6-9,11,13,16,20H,5,10,12,14-15,17H2,1H3;(H,6,7)/t20-,24+;/m0./s1. The van der Waals surface area contributed by atoms with Crippen molar-refractivity contribution < 1.29 is 32.7 Å². The maximum Gasteiger partial charge on any atom is 0.490 e. The topological polar surface area (TPSA) is 95.7 Å². The lowest BCUT2D eigenvalue weighted by atomic mass is 9.70. The summed E-state index contributed by atoms with van der Waals surface area (Å²) in [7, 11) is 1.92. The van der Waals surface area contributed by atoms with E-state index in [1.165, 1.54) is 11.3 Å². The summed E-state index contributed by atoms with van der Waals surface area (Å²) in [6.07, 6.45) is -1.57. The van der Waals surface area contributed by atoms with Crippen LogP contribution in [-0.4, -0.2) is 68.3 Å². The maximum atomic E-state index is 14.0. The Kier molecular flexibility index (Phi) is 7.91. The van der Waals surface area contributed by atoms with Crippen molar-refractivity contribution in [1.29, 1.82) is 0 Å². The first-order chi connectivity index (χ1) is 18.0. The minimum atomic E-state index is -5.08. The summed E-state index contributed by atoms with van der Waals surface area (Å²) < 4.78 is 33.6. The number of piperidine rings is 1. The highest BCUT2D eigenvalue weighted by Crippen LogP contribution is 2.49. The predicted octanol–water partition coefficient (Wildman–Crippen LogP) is 4.16. The number of halogens is 3. The van der Waals surface area contributed by atoms with Crippen LogP contribution in [0.1, 0.15) is 40.4 Å². The lowest BCUT2D eigenvalue weighted by Crippen LogP contribution is -2.52. The molecule has 5 rings (SSSR count). The van der Waals surface area contributed by atoms with Gasteiger partial charge in [0.15, 0.2) is 0 Å². The summed E-state index contributed by atoms with van der Waals surface area (Å²) in [5, 5.41) is 15.3. The molecule has 0 bridgehead atoms. The highest BCUT2D eigenvalue weighted by molar-refractivity contribution is 7.08. The lowest BCUT2D eigenvalue weighted by Gasteiger charge is -2.42. The zero-order valence-corrected chi connectivity index (χ0v) is 21.4. The molecule has 4 heterocycles. The number of aliphatic carboxylic acids is 1. The van der Waals surface area contributed by atoms with E-state index in [1.54, 1.807) is 6.20 Å². The fourth-order valence-corrected chi connectivity index (χ4v) is 5.90. The molecule has 2 amide bonds. The number of rotatable bonds is 4. The van der Waals surface area contributed by atoms with E-state index < -0.39 is 17.6 Å². The average Bonchev–Trinajstić information content (AvgIpc) is 3.63. The van der Waals surface area contributed by atoms with Crippen LogP contribution in [0.25, 0.3) is 0 Å². The smallest absolute Gasteiger partial charge is 0.475 e. The highest BCUT2D eigenvalue weighted by atomic mass is 32.1. The third-order valence-electron chi connectivity index (χ3n) is 7.04. The van der Waals surface area contributed by atoms with Gasteiger partial charge in [0, 0.05) is 56.4 Å². The molecule has 8 nitrogen and oxygen atoms in total. The Bertz CT molecular complexity index is 1280. The molecule has 1 spiro atoms. The van der Waals surface area contributed by atoms with Crippen LogP contribution in [-0.2, 0) is 23.2 Å². The summed E-state index contributed by atoms with van der Waals surface area (Å²) in [6.45, 7) is 2.37. The number of carboxylic acids is 1. The number of carbonyl (C=O) groups excluding carboxylic acids is 2. The van der Waals surface area contributed by atoms with Gasteiger partial charge in [0.1, 0.15) is 0 Å². The Morgan fingerprint density at radius 3 is 2.47 bits per heavy atom. The zero-order chi connectivity index (χ0) is 27.5. The van der Waals surface area contributed by atoms with Crippen LogP contribution in [0.15, 0.2) is 59.4 Å². The van der Waals surface area contributed by atoms with Crippen molar-refractivity contribution in [3.63, 3.8) is 0 Å². The second-order valence-corrected chi connectivity index (χ2v) is 10.2. The predicted molar refractivity (Wildman–Crippen MR) is 133 cm³/mol. The number of nitrogens with zero attached hydrogens (tertiary/aromatic N) is 4. The number of carboxylic acid groups (broad SMARTS) is 1. The Hall–Kier alpha value is -3.67. The number of aryl methyl sites for hydroxylation is 1. The normalized spacial score (nSPS) is 21.4. The molecule has 1 aromatic carbocycles. The van der Waals surface area contributed by atoms with E-state index in [-0.39, 0.29) is 17.7 Å². The van der Waals surface area contributed by atoms with Crippen LogP contribution >= 0.6 is 11.3 Å². The summed E-state index contributed by atoms with van der Waals surface area (Å²) in [5.41, 5.74) is 2.26. The quantitative estimate of drug-likeness (QED) is 0.528. The average molecular weight is 549 g/mol. The number of thiophene rings is 1. The van der Waals surface area contributed by atoms with Crippen molar-refractivity contribution in [2.75, 3.05) is 19.6 Å². The van der Waals surface area contributed by atoms with Gasteiger partial charge in [-0.1, -0.05) is 30.3 Å². The van der Waals surface area contributed by atoms with Crippen LogP contribution in [0.2, 0.25) is 0 Å². The Morgan fingerprint density at radius 2 is 1.89 bits per heavy atom. The first-order valence-electron chi connectivity index (χ1n) is 12.0. The van der Waals surface area contributed by atoms with Crippen molar-refractivity contribution in [2.24, 2.45) is 12.5 Å². The van der Waals surface area contributed by atoms with E-state index in [9.17, 15) is 22.8 Å². The van der Waals surface area contributed by atoms with Gasteiger partial charge >= 0.3 is 12.1 Å². The second kappa shape index (κ2) is 11.0. The van der Waals surface area contributed by atoms with E-state index in [0.29, 0.717) is 25.2 Å². The van der Waals surface area contributed by atoms with E-state index in [1.807, 2.05) is 62.6 Å². The zero-order valence-electron chi connectivity index (χ0n) is 20.6. The lowest BCUT2D eigenvalue weighted by molar-refractivity contribution is -0.192. The molecule has 2 aliphatic rings. The molecule has 2 aliphatic heterocycles. The Balaban J connectivity index is 0.000000426. The molecule has 202 valence electrons. The third-order valence-corrected chi connectivity index (χ3v) is 7.72. The van der Waals surface area contributed by atoms with Crippen molar-refractivity contribution in [1.82, 2.24) is 19.6 Å². The van der Waals surface area contributed by atoms with Crippen LogP contribution in [0.5, 0.6) is 0 Å². The molecule has 2 atom stereocenters. The van der Waals surface area contributed by atoms with Crippen molar-refractivity contribution >= 4 is 29.1 Å². The number of alkyl halides is 3. The van der Waals surface area contributed by atoms with Gasteiger partial charge in [0.25, 0.3) is 5.91 Å². The molecule has 0 saturated carbocycles. The largest absolute Gasteiger partial charge is 0.490 e. The molecule has 12 heteroatoms. The van der Waals surface area contributed by atoms with E-state index in [0.717, 1.165) is 30.6 Å². The van der Waals surface area contributed by atoms with Crippen molar-refractivity contribution in [3.8, 4) is 0 Å². The minimum absolute atomic E-state index is 0.0123. The van der Waals surface area contributed by atoms with E-state index in [4.69, 9.17) is 9.90 Å². The monoisotopic (exact) mass is 548 g/mol. The SMILES string of the molecule is Cn1nccc1[C@@H]1CN(C(=O)c2ccsc2)C[C@]12CCCN(Cc1ccccc1)C2=O.O=C(O)C(F)(F)F. The van der Waals surface area contributed by atoms with Gasteiger partial charge in [-0.15, -0.1) is 0 Å². The van der Waals surface area contributed by atoms with Gasteiger partial charge < -0.3 is 14.9 Å². The molecule has 2 saturated heterocycles. The minimum Gasteiger partial charge on any atom is -0.475 e. The van der Waals surface area contributed by atoms with Crippen LogP contribution < -0.4 is 0 Å². The molecule has 0 unspecified atom stereocenters. The molecule has 2 aromatic heterocycles. The van der Waals surface area contributed by atoms with Crippen molar-refractivity contribution in [2.45, 2.75) is 31.5 Å². The molecular formula is C26H27F3N4O4S. The Labute approximate surface area is 221 Å². The number of benzene rings is 1. The van der Waals surface area contributed by atoms with Gasteiger partial charge in [-0.2, -0.15) is 29.6 Å². The number of hydrogen-bond acceptors (Lipinski definition) is 5. The number of aromatic nitrogens is 2. The summed E-state index contributed by atoms with van der Waals surface area (Å²) in [4.78, 5) is 39.9. The van der Waals surface area contributed by atoms with Gasteiger partial charge in [-0.05, 0) is 35.9 Å². The fourth-order valence-electron chi connectivity index (χ4n) is 5.27. The van der Waals surface area contributed by atoms with Crippen LogP contribution in [0.4, 0.5) is 13.2 Å². The molecule has 0 radical (unpaired) electrons. The summed E-state index contributed by atoms with van der Waals surface area (Å²) >= 11 is 1.52. The molecule has 3 aromatic rings. The molecule has 38 heavy (non-hydrogen) atoms. The summed E-state index contributed by atoms with van der Waals surface area (Å²) in [6, 6.07) is 14.0. The van der Waals surface area contributed by atoms with Crippen molar-refractivity contribution in [3.05, 3.63) is 76.2 Å². The number of amides is 2. The fraction of sp³-hybridized carbons (Fsp3) is 0.385.